The van der Waals surface area contributed by atoms with E-state index < -0.39 is 11.7 Å². The van der Waals surface area contributed by atoms with Gasteiger partial charge >= 0.3 is 6.18 Å². The van der Waals surface area contributed by atoms with Gasteiger partial charge < -0.3 is 0 Å². The third kappa shape index (κ3) is 6.26. The van der Waals surface area contributed by atoms with Crippen molar-refractivity contribution in [1.82, 2.24) is 9.97 Å². The fraction of sp³-hybridized carbons (Fsp3) is 0.333. The van der Waals surface area contributed by atoms with Crippen molar-refractivity contribution in [2.45, 2.75) is 51.6 Å². The molecule has 0 unspecified atom stereocenters. The number of benzene rings is 1. The topological polar surface area (TPSA) is 25.8 Å². The molecule has 0 fully saturated rings. The number of unbranched alkanes of at least 4 members (excludes halogenated alkanes) is 4. The second kappa shape index (κ2) is 10.5. The summed E-state index contributed by atoms with van der Waals surface area (Å²) >= 11 is 1.45. The number of pyridine rings is 1. The van der Waals surface area contributed by atoms with E-state index in [0.29, 0.717) is 12.0 Å². The Balaban J connectivity index is 1.73. The number of rotatable bonds is 9. The molecule has 1 aromatic carbocycles. The molecule has 0 N–H and O–H groups in total. The van der Waals surface area contributed by atoms with Crippen LogP contribution in [-0.2, 0) is 12.6 Å². The molecule has 3 aromatic rings. The summed E-state index contributed by atoms with van der Waals surface area (Å²) in [5.41, 5.74) is 1.93. The van der Waals surface area contributed by atoms with Crippen molar-refractivity contribution >= 4 is 17.4 Å². The first-order chi connectivity index (χ1) is 14.5. The van der Waals surface area contributed by atoms with Crippen LogP contribution in [0.15, 0.2) is 54.2 Å². The lowest BCUT2D eigenvalue weighted by molar-refractivity contribution is -0.137. The van der Waals surface area contributed by atoms with E-state index in [2.05, 4.69) is 16.9 Å². The molecule has 0 saturated heterocycles. The number of thiazole rings is 1. The van der Waals surface area contributed by atoms with Gasteiger partial charge in [0.05, 0.1) is 16.3 Å². The van der Waals surface area contributed by atoms with E-state index in [-0.39, 0.29) is 5.56 Å². The Morgan fingerprint density at radius 2 is 1.97 bits per heavy atom. The zero-order chi connectivity index (χ0) is 21.4. The number of hydrogen-bond acceptors (Lipinski definition) is 3. The monoisotopic (exact) mass is 430 g/mol. The Labute approximate surface area is 179 Å². The van der Waals surface area contributed by atoms with Crippen LogP contribution in [0.2, 0.25) is 0 Å². The molecule has 6 heteroatoms. The van der Waals surface area contributed by atoms with Crippen LogP contribution in [0.4, 0.5) is 13.2 Å². The van der Waals surface area contributed by atoms with E-state index in [9.17, 15) is 13.2 Å². The summed E-state index contributed by atoms with van der Waals surface area (Å²) in [7, 11) is 0. The molecule has 0 bridgehead atoms. The molecule has 2 nitrogen and oxygen atoms in total. The highest BCUT2D eigenvalue weighted by Gasteiger charge is 2.33. The molecule has 30 heavy (non-hydrogen) atoms. The highest BCUT2D eigenvalue weighted by molar-refractivity contribution is 7.10. The van der Waals surface area contributed by atoms with E-state index in [1.807, 2.05) is 23.6 Å². The minimum absolute atomic E-state index is 0.219. The van der Waals surface area contributed by atoms with Crippen LogP contribution in [0.25, 0.3) is 17.3 Å². The minimum atomic E-state index is -4.39. The summed E-state index contributed by atoms with van der Waals surface area (Å²) < 4.78 is 40.8. The summed E-state index contributed by atoms with van der Waals surface area (Å²) in [6, 6.07) is 8.33. The van der Waals surface area contributed by atoms with E-state index >= 15 is 0 Å². The second-order valence-corrected chi connectivity index (χ2v) is 8.16. The maximum atomic E-state index is 13.6. The van der Waals surface area contributed by atoms with Gasteiger partial charge in [0.2, 0.25) is 0 Å². The molecule has 0 spiro atoms. The summed E-state index contributed by atoms with van der Waals surface area (Å²) in [4.78, 5) is 8.64. The van der Waals surface area contributed by atoms with Gasteiger partial charge in [-0.2, -0.15) is 13.2 Å². The third-order valence-electron chi connectivity index (χ3n) is 4.81. The lowest BCUT2D eigenvalue weighted by atomic mass is 10.0. The van der Waals surface area contributed by atoms with Gasteiger partial charge in [0.25, 0.3) is 0 Å². The molecule has 158 valence electrons. The first-order valence-electron chi connectivity index (χ1n) is 10.2. The summed E-state index contributed by atoms with van der Waals surface area (Å²) in [6.45, 7) is 2.14. The highest BCUT2D eigenvalue weighted by Crippen LogP contribution is 2.34. The quantitative estimate of drug-likeness (QED) is 0.324. The summed E-state index contributed by atoms with van der Waals surface area (Å²) in [5, 5.41) is 2.69. The maximum absolute atomic E-state index is 13.6. The van der Waals surface area contributed by atoms with Crippen molar-refractivity contribution in [3.8, 4) is 11.3 Å². The normalized spacial score (nSPS) is 12.0. The average molecular weight is 431 g/mol. The standard InChI is InChI=1S/C24H25F3N2S/c1-2-3-4-5-6-7-9-19-12-11-18(14-21(19)24(25,26)27)15-23-29-22(17-30-23)20-10-8-13-28-16-20/h7-14,16-17H,2-6,15H2,1H3. The van der Waals surface area contributed by atoms with Crippen LogP contribution < -0.4 is 0 Å². The zero-order valence-corrected chi connectivity index (χ0v) is 17.8. The molecular weight excluding hydrogens is 405 g/mol. The van der Waals surface area contributed by atoms with Crippen molar-refractivity contribution in [3.63, 3.8) is 0 Å². The molecular formula is C24H25F3N2S. The number of halogens is 3. The second-order valence-electron chi connectivity index (χ2n) is 7.22. The van der Waals surface area contributed by atoms with Crippen LogP contribution >= 0.6 is 11.3 Å². The predicted molar refractivity (Wildman–Crippen MR) is 117 cm³/mol. The van der Waals surface area contributed by atoms with Crippen LogP contribution in [0, 0.1) is 0 Å². The van der Waals surface area contributed by atoms with Crippen molar-refractivity contribution in [2.24, 2.45) is 0 Å². The zero-order valence-electron chi connectivity index (χ0n) is 17.0. The Morgan fingerprint density at radius 3 is 2.70 bits per heavy atom. The Bertz CT molecular complexity index is 962. The van der Waals surface area contributed by atoms with Crippen LogP contribution in [0.5, 0.6) is 0 Å². The van der Waals surface area contributed by atoms with Gasteiger partial charge in [0.1, 0.15) is 0 Å². The largest absolute Gasteiger partial charge is 0.416 e. The molecule has 3 rings (SSSR count). The number of allylic oxidation sites excluding steroid dienone is 1. The number of alkyl halides is 3. The van der Waals surface area contributed by atoms with Crippen LogP contribution in [0.1, 0.15) is 60.7 Å². The van der Waals surface area contributed by atoms with E-state index in [1.165, 1.54) is 17.4 Å². The molecule has 0 atom stereocenters. The van der Waals surface area contributed by atoms with Gasteiger partial charge in [-0.3, -0.25) is 4.98 Å². The smallest absolute Gasteiger partial charge is 0.264 e. The van der Waals surface area contributed by atoms with Crippen molar-refractivity contribution < 1.29 is 13.2 Å². The molecule has 0 aliphatic carbocycles. The Morgan fingerprint density at radius 1 is 1.10 bits per heavy atom. The number of hydrogen-bond donors (Lipinski definition) is 0. The minimum Gasteiger partial charge on any atom is -0.264 e. The fourth-order valence-electron chi connectivity index (χ4n) is 3.22. The van der Waals surface area contributed by atoms with Gasteiger partial charge in [-0.1, -0.05) is 50.5 Å². The van der Waals surface area contributed by atoms with E-state index in [0.717, 1.165) is 48.4 Å². The van der Waals surface area contributed by atoms with Crippen molar-refractivity contribution in [3.05, 3.63) is 75.9 Å². The van der Waals surface area contributed by atoms with Crippen molar-refractivity contribution in [2.75, 3.05) is 0 Å². The lowest BCUT2D eigenvalue weighted by Gasteiger charge is -2.12. The van der Waals surface area contributed by atoms with Gasteiger partial charge in [0.15, 0.2) is 0 Å². The van der Waals surface area contributed by atoms with Crippen LogP contribution in [-0.4, -0.2) is 9.97 Å². The fourth-order valence-corrected chi connectivity index (χ4v) is 4.05. The van der Waals surface area contributed by atoms with E-state index in [1.54, 1.807) is 30.6 Å². The summed E-state index contributed by atoms with van der Waals surface area (Å²) in [6.07, 6.45) is 8.07. The van der Waals surface area contributed by atoms with Gasteiger partial charge in [-0.05, 0) is 42.2 Å². The number of nitrogens with zero attached hydrogens (tertiary/aromatic N) is 2. The van der Waals surface area contributed by atoms with Gasteiger partial charge in [-0.25, -0.2) is 4.98 Å². The molecule has 0 aliphatic rings. The molecule has 0 amide bonds. The van der Waals surface area contributed by atoms with Gasteiger partial charge in [-0.15, -0.1) is 11.3 Å². The first-order valence-corrected chi connectivity index (χ1v) is 11.1. The van der Waals surface area contributed by atoms with Crippen LogP contribution in [0.3, 0.4) is 0 Å². The Hall–Kier alpha value is -2.47. The highest BCUT2D eigenvalue weighted by atomic mass is 32.1. The lowest BCUT2D eigenvalue weighted by Crippen LogP contribution is -2.08. The molecule has 2 heterocycles. The third-order valence-corrected chi connectivity index (χ3v) is 5.66. The first kappa shape index (κ1) is 22.2. The van der Waals surface area contributed by atoms with Crippen molar-refractivity contribution in [1.29, 1.82) is 0 Å². The molecule has 0 saturated carbocycles. The maximum Gasteiger partial charge on any atom is 0.416 e. The SMILES string of the molecule is CCCCCCC=Cc1ccc(Cc2nc(-c3cccnc3)cs2)cc1C(F)(F)F. The predicted octanol–water partition coefficient (Wildman–Crippen LogP) is 7.80. The molecule has 0 aliphatic heterocycles. The molecule has 2 aromatic heterocycles. The number of aromatic nitrogens is 2. The average Bonchev–Trinajstić information content (AvgIpc) is 3.20. The van der Waals surface area contributed by atoms with Gasteiger partial charge in [0, 0.05) is 29.8 Å². The molecule has 0 radical (unpaired) electrons. The van der Waals surface area contributed by atoms with E-state index in [4.69, 9.17) is 0 Å². The summed E-state index contributed by atoms with van der Waals surface area (Å²) in [5.74, 6) is 0. The Kier molecular flexibility index (Phi) is 7.80.